The molecule has 0 spiro atoms. The van der Waals surface area contributed by atoms with E-state index in [1.807, 2.05) is 6.92 Å². The molecule has 10 heavy (non-hydrogen) atoms. The van der Waals surface area contributed by atoms with Crippen LogP contribution in [0.5, 0.6) is 0 Å². The number of halogens is 2. The highest BCUT2D eigenvalue weighted by Gasteiger charge is 2.33. The lowest BCUT2D eigenvalue weighted by molar-refractivity contribution is -0.104. The van der Waals surface area contributed by atoms with E-state index in [0.717, 1.165) is 0 Å². The number of ether oxygens (including phenoxy) is 1. The number of rotatable bonds is 3. The van der Waals surface area contributed by atoms with Crippen LogP contribution >= 0.6 is 0 Å². The molecule has 0 aromatic rings. The predicted molar refractivity (Wildman–Crippen MR) is 33.2 cm³/mol. The molecule has 1 rings (SSSR count). The Labute approximate surface area is 58.6 Å². The van der Waals surface area contributed by atoms with Crippen molar-refractivity contribution in [2.24, 2.45) is 0 Å². The van der Waals surface area contributed by atoms with Crippen molar-refractivity contribution >= 4 is 0 Å². The van der Waals surface area contributed by atoms with E-state index in [0.29, 0.717) is 13.1 Å². The quantitative estimate of drug-likeness (QED) is 0.638. The summed E-state index contributed by atoms with van der Waals surface area (Å²) < 4.78 is 28.1. The molecule has 1 aliphatic heterocycles. The molecule has 0 saturated carbocycles. The summed E-state index contributed by atoms with van der Waals surface area (Å²) in [5, 5.41) is 2.96. The molecule has 0 aromatic heterocycles. The van der Waals surface area contributed by atoms with E-state index in [1.54, 1.807) is 0 Å². The van der Waals surface area contributed by atoms with Gasteiger partial charge in [-0.05, 0) is 6.92 Å². The van der Waals surface area contributed by atoms with Crippen molar-refractivity contribution in [1.82, 2.24) is 5.32 Å². The molecule has 1 fully saturated rings. The summed E-state index contributed by atoms with van der Waals surface area (Å²) in [7, 11) is 0. The minimum atomic E-state index is -2.35. The van der Waals surface area contributed by atoms with Crippen molar-refractivity contribution in [3.05, 3.63) is 0 Å². The van der Waals surface area contributed by atoms with E-state index in [4.69, 9.17) is 4.74 Å². The summed E-state index contributed by atoms with van der Waals surface area (Å²) in [5.74, 6) is 0. The molecule has 0 atom stereocenters. The number of hydrogen-bond donors (Lipinski definition) is 1. The summed E-state index contributed by atoms with van der Waals surface area (Å²) in [5.41, 5.74) is -0.337. The first-order valence-corrected chi connectivity index (χ1v) is 3.25. The van der Waals surface area contributed by atoms with Crippen LogP contribution in [0, 0.1) is 0 Å². The summed E-state index contributed by atoms with van der Waals surface area (Å²) in [6.45, 7) is 2.74. The second kappa shape index (κ2) is 2.80. The maximum absolute atomic E-state index is 11.6. The molecule has 0 amide bonds. The monoisotopic (exact) mass is 151 g/mol. The fourth-order valence-electron chi connectivity index (χ4n) is 0.843. The van der Waals surface area contributed by atoms with Gasteiger partial charge in [0, 0.05) is 13.1 Å². The second-order valence-electron chi connectivity index (χ2n) is 2.76. The van der Waals surface area contributed by atoms with Crippen LogP contribution < -0.4 is 5.32 Å². The van der Waals surface area contributed by atoms with Crippen molar-refractivity contribution in [1.29, 1.82) is 0 Å². The molecule has 1 heterocycles. The van der Waals surface area contributed by atoms with E-state index in [9.17, 15) is 8.78 Å². The standard InChI is InChI=1S/C6H11F2NO/c1-6(3-9-4-6)10-2-5(7)8/h5,9H,2-4H2,1H3. The SMILES string of the molecule is CC1(OCC(F)F)CNC1. The maximum Gasteiger partial charge on any atom is 0.261 e. The Morgan fingerprint density at radius 3 is 2.50 bits per heavy atom. The lowest BCUT2D eigenvalue weighted by Crippen LogP contribution is -2.59. The minimum Gasteiger partial charge on any atom is -0.367 e. The van der Waals surface area contributed by atoms with Gasteiger partial charge in [0.05, 0.1) is 5.60 Å². The Hall–Kier alpha value is -0.220. The van der Waals surface area contributed by atoms with Gasteiger partial charge in [0.15, 0.2) is 0 Å². The number of alkyl halides is 2. The fourth-order valence-corrected chi connectivity index (χ4v) is 0.843. The van der Waals surface area contributed by atoms with Gasteiger partial charge in [0.1, 0.15) is 6.61 Å². The van der Waals surface area contributed by atoms with Crippen LogP contribution in [-0.2, 0) is 4.74 Å². The first-order valence-electron chi connectivity index (χ1n) is 3.25. The lowest BCUT2D eigenvalue weighted by Gasteiger charge is -2.38. The molecule has 0 bridgehead atoms. The molecule has 0 aromatic carbocycles. The molecular formula is C6H11F2NO. The summed E-state index contributed by atoms with van der Waals surface area (Å²) >= 11 is 0. The smallest absolute Gasteiger partial charge is 0.261 e. The zero-order valence-electron chi connectivity index (χ0n) is 5.86. The molecule has 60 valence electrons. The van der Waals surface area contributed by atoms with Gasteiger partial charge in [0.25, 0.3) is 6.43 Å². The summed E-state index contributed by atoms with van der Waals surface area (Å²) in [4.78, 5) is 0. The Balaban J connectivity index is 2.12. The van der Waals surface area contributed by atoms with Crippen LogP contribution in [0.4, 0.5) is 8.78 Å². The van der Waals surface area contributed by atoms with Crippen LogP contribution in [0.25, 0.3) is 0 Å². The van der Waals surface area contributed by atoms with Gasteiger partial charge < -0.3 is 10.1 Å². The third-order valence-corrected chi connectivity index (χ3v) is 1.56. The highest BCUT2D eigenvalue weighted by Crippen LogP contribution is 2.15. The predicted octanol–water partition coefficient (Wildman–Crippen LogP) is 0.630. The Kier molecular flexibility index (Phi) is 2.21. The van der Waals surface area contributed by atoms with Crippen molar-refractivity contribution in [3.8, 4) is 0 Å². The van der Waals surface area contributed by atoms with E-state index >= 15 is 0 Å². The van der Waals surface area contributed by atoms with Gasteiger partial charge in [-0.15, -0.1) is 0 Å². The zero-order valence-corrected chi connectivity index (χ0v) is 5.86. The Bertz CT molecular complexity index is 114. The van der Waals surface area contributed by atoms with Crippen molar-refractivity contribution in [2.75, 3.05) is 19.7 Å². The van der Waals surface area contributed by atoms with Crippen LogP contribution in [0.2, 0.25) is 0 Å². The second-order valence-corrected chi connectivity index (χ2v) is 2.76. The molecule has 1 aliphatic rings. The topological polar surface area (TPSA) is 21.3 Å². The molecule has 1 saturated heterocycles. The van der Waals surface area contributed by atoms with E-state index in [2.05, 4.69) is 5.32 Å². The van der Waals surface area contributed by atoms with Gasteiger partial charge in [-0.2, -0.15) is 0 Å². The fraction of sp³-hybridized carbons (Fsp3) is 1.00. The summed E-state index contributed by atoms with van der Waals surface area (Å²) in [6, 6.07) is 0. The van der Waals surface area contributed by atoms with Gasteiger partial charge in [-0.25, -0.2) is 8.78 Å². The normalized spacial score (nSPS) is 22.8. The lowest BCUT2D eigenvalue weighted by atomic mass is 10.0. The molecule has 0 radical (unpaired) electrons. The molecule has 0 unspecified atom stereocenters. The van der Waals surface area contributed by atoms with Gasteiger partial charge >= 0.3 is 0 Å². The first-order chi connectivity index (χ1) is 4.62. The van der Waals surface area contributed by atoms with Crippen molar-refractivity contribution < 1.29 is 13.5 Å². The first kappa shape index (κ1) is 7.88. The Morgan fingerprint density at radius 2 is 2.20 bits per heavy atom. The number of hydrogen-bond acceptors (Lipinski definition) is 2. The highest BCUT2D eigenvalue weighted by molar-refractivity contribution is 4.90. The molecule has 4 heteroatoms. The van der Waals surface area contributed by atoms with Crippen molar-refractivity contribution in [3.63, 3.8) is 0 Å². The van der Waals surface area contributed by atoms with Crippen LogP contribution in [0.3, 0.4) is 0 Å². The summed E-state index contributed by atoms with van der Waals surface area (Å²) in [6.07, 6.45) is -2.35. The third kappa shape index (κ3) is 1.88. The molecule has 1 N–H and O–H groups in total. The van der Waals surface area contributed by atoms with Gasteiger partial charge in [-0.3, -0.25) is 0 Å². The highest BCUT2D eigenvalue weighted by atomic mass is 19.3. The van der Waals surface area contributed by atoms with Gasteiger partial charge in [-0.1, -0.05) is 0 Å². The van der Waals surface area contributed by atoms with Crippen molar-refractivity contribution in [2.45, 2.75) is 19.0 Å². The zero-order chi connectivity index (χ0) is 7.61. The molecular weight excluding hydrogens is 140 g/mol. The number of nitrogens with one attached hydrogen (secondary N) is 1. The largest absolute Gasteiger partial charge is 0.367 e. The van der Waals surface area contributed by atoms with E-state index < -0.39 is 13.0 Å². The maximum atomic E-state index is 11.6. The Morgan fingerprint density at radius 1 is 1.60 bits per heavy atom. The van der Waals surface area contributed by atoms with Gasteiger partial charge in [0.2, 0.25) is 0 Å². The minimum absolute atomic E-state index is 0.337. The molecule has 2 nitrogen and oxygen atoms in total. The average molecular weight is 151 g/mol. The average Bonchev–Trinajstić information content (AvgIpc) is 1.79. The van der Waals surface area contributed by atoms with E-state index in [1.165, 1.54) is 0 Å². The third-order valence-electron chi connectivity index (χ3n) is 1.56. The van der Waals surface area contributed by atoms with Crippen LogP contribution in [0.15, 0.2) is 0 Å². The van der Waals surface area contributed by atoms with E-state index in [-0.39, 0.29) is 5.60 Å². The van der Waals surface area contributed by atoms with Crippen LogP contribution in [-0.4, -0.2) is 31.7 Å². The van der Waals surface area contributed by atoms with Crippen LogP contribution in [0.1, 0.15) is 6.92 Å². The molecule has 0 aliphatic carbocycles.